The van der Waals surface area contributed by atoms with Crippen molar-refractivity contribution in [3.8, 4) is 0 Å². The lowest BCUT2D eigenvalue weighted by Crippen LogP contribution is -2.39. The van der Waals surface area contributed by atoms with Crippen molar-refractivity contribution in [2.24, 2.45) is 0 Å². The molecule has 0 unspecified atom stereocenters. The summed E-state index contributed by atoms with van der Waals surface area (Å²) >= 11 is 0. The van der Waals surface area contributed by atoms with E-state index in [1.54, 1.807) is 6.20 Å². The Bertz CT molecular complexity index is 1470. The van der Waals surface area contributed by atoms with E-state index in [0.29, 0.717) is 18.7 Å². The molecule has 204 valence electrons. The largest absolute Gasteiger partial charge is 0.377 e. The zero-order chi connectivity index (χ0) is 26.8. The number of rotatable bonds is 8. The van der Waals surface area contributed by atoms with Gasteiger partial charge in [-0.3, -0.25) is 14.7 Å². The van der Waals surface area contributed by atoms with Crippen molar-refractivity contribution in [3.63, 3.8) is 0 Å². The van der Waals surface area contributed by atoms with Crippen molar-refractivity contribution in [1.29, 1.82) is 0 Å². The van der Waals surface area contributed by atoms with E-state index in [4.69, 9.17) is 4.74 Å². The number of H-pyrrole nitrogens is 1. The second-order valence-electron chi connectivity index (χ2n) is 11.1. The first-order chi connectivity index (χ1) is 19.1. The van der Waals surface area contributed by atoms with Crippen LogP contribution < -0.4 is 5.56 Å². The quantitative estimate of drug-likeness (QED) is 0.351. The van der Waals surface area contributed by atoms with E-state index in [0.717, 1.165) is 65.7 Å². The van der Waals surface area contributed by atoms with E-state index in [-0.39, 0.29) is 17.7 Å². The molecule has 1 aromatic carbocycles. The normalized spacial score (nSPS) is 19.2. The predicted molar refractivity (Wildman–Crippen MR) is 149 cm³/mol. The van der Waals surface area contributed by atoms with Gasteiger partial charge < -0.3 is 9.72 Å². The van der Waals surface area contributed by atoms with Crippen molar-refractivity contribution < 1.29 is 4.74 Å². The molecule has 0 spiro atoms. The average molecular weight is 528 g/mol. The third kappa shape index (κ3) is 5.38. The Labute approximate surface area is 228 Å². The zero-order valence-electron chi connectivity index (χ0n) is 22.8. The number of aryl methyl sites for hydroxylation is 2. The third-order valence-electron chi connectivity index (χ3n) is 8.39. The van der Waals surface area contributed by atoms with Crippen LogP contribution in [0.25, 0.3) is 10.9 Å². The van der Waals surface area contributed by atoms with E-state index in [2.05, 4.69) is 61.6 Å². The molecule has 0 amide bonds. The second-order valence-corrected chi connectivity index (χ2v) is 11.1. The minimum atomic E-state index is -0.445. The summed E-state index contributed by atoms with van der Waals surface area (Å²) in [6.45, 7) is 6.15. The highest BCUT2D eigenvalue weighted by molar-refractivity contribution is 5.85. The number of pyridine rings is 2. The second kappa shape index (κ2) is 11.4. The molecule has 1 aliphatic heterocycles. The number of hydrogen-bond acceptors (Lipinski definition) is 7. The minimum Gasteiger partial charge on any atom is -0.377 e. The monoisotopic (exact) mass is 527 g/mol. The molecule has 2 aliphatic rings. The van der Waals surface area contributed by atoms with Crippen molar-refractivity contribution in [1.82, 2.24) is 35.1 Å². The number of aromatic nitrogens is 6. The highest BCUT2D eigenvalue weighted by Gasteiger charge is 2.35. The molecule has 9 nitrogen and oxygen atoms in total. The molecule has 1 N–H and O–H groups in total. The Morgan fingerprint density at radius 2 is 1.95 bits per heavy atom. The van der Waals surface area contributed by atoms with Crippen LogP contribution in [0, 0.1) is 13.8 Å². The van der Waals surface area contributed by atoms with Gasteiger partial charge in [-0.25, -0.2) is 4.68 Å². The summed E-state index contributed by atoms with van der Waals surface area (Å²) in [6.07, 6.45) is 11.5. The standard InChI is InChI=1S/C30H37N7O2/c1-20-12-13-21(2)27-25(20)16-26(30(38)32-27)28(29-33-34-35-37(29)23-9-4-3-5-10-23)36(19-24-11-7-15-39-24)18-22-8-6-14-31-17-22/h6,8,12-14,16-17,23-24,28H,3-5,7,9-11,15,18-19H2,1-2H3,(H,32,38)/t24-,28+/m1/s1. The fourth-order valence-corrected chi connectivity index (χ4v) is 6.30. The van der Waals surface area contributed by atoms with Crippen LogP contribution in [0.3, 0.4) is 0 Å². The number of benzene rings is 1. The Kier molecular flexibility index (Phi) is 7.52. The van der Waals surface area contributed by atoms with Crippen LogP contribution in [0.4, 0.5) is 0 Å². The number of nitrogens with zero attached hydrogens (tertiary/aromatic N) is 6. The smallest absolute Gasteiger partial charge is 0.253 e. The number of ether oxygens (including phenoxy) is 1. The summed E-state index contributed by atoms with van der Waals surface area (Å²) < 4.78 is 8.11. The van der Waals surface area contributed by atoms with Crippen molar-refractivity contribution >= 4 is 10.9 Å². The van der Waals surface area contributed by atoms with E-state index >= 15 is 0 Å². The number of fused-ring (bicyclic) bond motifs is 1. The minimum absolute atomic E-state index is 0.0895. The van der Waals surface area contributed by atoms with Gasteiger partial charge in [-0.15, -0.1) is 5.10 Å². The lowest BCUT2D eigenvalue weighted by molar-refractivity contribution is 0.0567. The maximum atomic E-state index is 13.9. The van der Waals surface area contributed by atoms with Crippen molar-refractivity contribution in [3.05, 3.63) is 81.2 Å². The van der Waals surface area contributed by atoms with E-state index < -0.39 is 6.04 Å². The van der Waals surface area contributed by atoms with Crippen LogP contribution in [0.1, 0.15) is 85.1 Å². The lowest BCUT2D eigenvalue weighted by atomic mass is 9.94. The molecule has 39 heavy (non-hydrogen) atoms. The number of hydrogen-bond donors (Lipinski definition) is 1. The number of tetrazole rings is 1. The van der Waals surface area contributed by atoms with E-state index in [1.165, 1.54) is 19.3 Å². The Balaban J connectivity index is 1.52. The fourth-order valence-electron chi connectivity index (χ4n) is 6.30. The number of nitrogens with one attached hydrogen (secondary N) is 1. The van der Waals surface area contributed by atoms with Gasteiger partial charge in [0.25, 0.3) is 5.56 Å². The van der Waals surface area contributed by atoms with Gasteiger partial charge in [0.2, 0.25) is 0 Å². The topological polar surface area (TPSA) is 102 Å². The van der Waals surface area contributed by atoms with Crippen LogP contribution in [0.5, 0.6) is 0 Å². The molecule has 1 saturated carbocycles. The maximum Gasteiger partial charge on any atom is 0.253 e. The highest BCUT2D eigenvalue weighted by Crippen LogP contribution is 2.35. The van der Waals surface area contributed by atoms with E-state index in [9.17, 15) is 4.79 Å². The number of aromatic amines is 1. The molecule has 6 rings (SSSR count). The molecule has 9 heteroatoms. The van der Waals surface area contributed by atoms with E-state index in [1.807, 2.05) is 23.9 Å². The molecule has 1 aliphatic carbocycles. The van der Waals surface area contributed by atoms with Crippen LogP contribution in [0.15, 0.2) is 47.5 Å². The molecule has 0 radical (unpaired) electrons. The zero-order valence-corrected chi connectivity index (χ0v) is 22.8. The van der Waals surface area contributed by atoms with Gasteiger partial charge in [0.05, 0.1) is 17.7 Å². The van der Waals surface area contributed by atoms with Crippen LogP contribution >= 0.6 is 0 Å². The van der Waals surface area contributed by atoms with Gasteiger partial charge in [-0.05, 0) is 78.8 Å². The highest BCUT2D eigenvalue weighted by atomic mass is 16.5. The molecule has 2 fully saturated rings. The first-order valence-corrected chi connectivity index (χ1v) is 14.2. The fraction of sp³-hybridized carbons (Fsp3) is 0.500. The maximum absolute atomic E-state index is 13.9. The van der Waals surface area contributed by atoms with Gasteiger partial charge in [0, 0.05) is 43.0 Å². The lowest BCUT2D eigenvalue weighted by Gasteiger charge is -2.34. The Hall–Kier alpha value is -3.43. The Morgan fingerprint density at radius 3 is 2.72 bits per heavy atom. The van der Waals surface area contributed by atoms with Crippen LogP contribution in [-0.2, 0) is 11.3 Å². The van der Waals surface area contributed by atoms with Crippen molar-refractivity contribution in [2.75, 3.05) is 13.2 Å². The molecule has 3 aromatic heterocycles. The van der Waals surface area contributed by atoms with Gasteiger partial charge >= 0.3 is 0 Å². The summed E-state index contributed by atoms with van der Waals surface area (Å²) in [5.74, 6) is 0.721. The summed E-state index contributed by atoms with van der Waals surface area (Å²) in [4.78, 5) is 23.8. The van der Waals surface area contributed by atoms with Gasteiger partial charge in [-0.1, -0.05) is 37.5 Å². The van der Waals surface area contributed by atoms with Gasteiger partial charge in [0.1, 0.15) is 6.04 Å². The first-order valence-electron chi connectivity index (χ1n) is 14.2. The van der Waals surface area contributed by atoms with Gasteiger partial charge in [-0.2, -0.15) is 0 Å². The summed E-state index contributed by atoms with van der Waals surface area (Å²) in [7, 11) is 0. The van der Waals surface area contributed by atoms with Crippen LogP contribution in [-0.4, -0.2) is 54.3 Å². The predicted octanol–water partition coefficient (Wildman–Crippen LogP) is 4.80. The molecular weight excluding hydrogens is 490 g/mol. The molecule has 0 bridgehead atoms. The SMILES string of the molecule is Cc1ccc(C)c2[nH]c(=O)c([C@@H](c3nnnn3C3CCCCC3)N(Cc3cccnc3)C[C@H]3CCCO3)cc12. The summed E-state index contributed by atoms with van der Waals surface area (Å²) in [6, 6.07) is 10.1. The van der Waals surface area contributed by atoms with Crippen LogP contribution in [0.2, 0.25) is 0 Å². The van der Waals surface area contributed by atoms with Gasteiger partial charge in [0.15, 0.2) is 5.82 Å². The van der Waals surface area contributed by atoms with Crippen molar-refractivity contribution in [2.45, 2.75) is 83.5 Å². The third-order valence-corrected chi connectivity index (χ3v) is 8.39. The molecule has 2 atom stereocenters. The summed E-state index contributed by atoms with van der Waals surface area (Å²) in [5, 5.41) is 14.3. The molecule has 4 heterocycles. The summed E-state index contributed by atoms with van der Waals surface area (Å²) in [5.41, 5.74) is 4.67. The molecule has 1 saturated heterocycles. The molecular formula is C30H37N7O2. The average Bonchev–Trinajstić information content (AvgIpc) is 3.65. The molecule has 4 aromatic rings. The Morgan fingerprint density at radius 1 is 1.10 bits per heavy atom. The first kappa shape index (κ1) is 25.8.